The number of hydrogen-bond donors (Lipinski definition) is 2. The van der Waals surface area contributed by atoms with Crippen molar-refractivity contribution < 1.29 is 19.4 Å². The lowest BCUT2D eigenvalue weighted by molar-refractivity contribution is -0.116. The summed E-state index contributed by atoms with van der Waals surface area (Å²) in [5, 5.41) is 11.6. The second kappa shape index (κ2) is 6.33. The van der Waals surface area contributed by atoms with Crippen LogP contribution in [0.2, 0.25) is 0 Å². The van der Waals surface area contributed by atoms with E-state index < -0.39 is 5.97 Å². The number of anilines is 1. The molecule has 19 heavy (non-hydrogen) atoms. The van der Waals surface area contributed by atoms with E-state index in [1.165, 1.54) is 12.1 Å². The van der Waals surface area contributed by atoms with E-state index in [0.29, 0.717) is 18.0 Å². The first kappa shape index (κ1) is 13.5. The average molecular weight is 263 g/mol. The van der Waals surface area contributed by atoms with Crippen LogP contribution in [0, 0.1) is 5.92 Å². The normalized spacial score (nSPS) is 18.2. The van der Waals surface area contributed by atoms with Crippen molar-refractivity contribution in [1.82, 2.24) is 0 Å². The van der Waals surface area contributed by atoms with E-state index in [9.17, 15) is 9.59 Å². The second-order valence-corrected chi connectivity index (χ2v) is 4.70. The molecule has 1 aromatic rings. The molecule has 0 radical (unpaired) electrons. The van der Waals surface area contributed by atoms with E-state index in [4.69, 9.17) is 9.84 Å². The number of carbonyl (C=O) groups excluding carboxylic acids is 1. The molecule has 1 saturated heterocycles. The summed E-state index contributed by atoms with van der Waals surface area (Å²) < 4.78 is 5.25. The van der Waals surface area contributed by atoms with Gasteiger partial charge >= 0.3 is 5.97 Å². The Morgan fingerprint density at radius 3 is 2.95 bits per heavy atom. The summed E-state index contributed by atoms with van der Waals surface area (Å²) in [7, 11) is 0. The number of carboxylic acids is 1. The summed E-state index contributed by atoms with van der Waals surface area (Å²) in [6, 6.07) is 6.25. The minimum atomic E-state index is -1.00. The molecule has 1 fully saturated rings. The molecule has 0 spiro atoms. The monoisotopic (exact) mass is 263 g/mol. The standard InChI is InChI=1S/C14H17NO4/c16-13(5-4-10-6-7-19-9-10)15-12-3-1-2-11(8-12)14(17)18/h1-3,8,10H,4-7,9H2,(H,15,16)(H,17,18). The molecular weight excluding hydrogens is 246 g/mol. The van der Waals surface area contributed by atoms with E-state index in [-0.39, 0.29) is 11.5 Å². The highest BCUT2D eigenvalue weighted by Crippen LogP contribution is 2.18. The maximum Gasteiger partial charge on any atom is 0.335 e. The van der Waals surface area contributed by atoms with Crippen molar-refractivity contribution in [1.29, 1.82) is 0 Å². The van der Waals surface area contributed by atoms with Crippen molar-refractivity contribution >= 4 is 17.6 Å². The lowest BCUT2D eigenvalue weighted by Crippen LogP contribution is -2.14. The molecule has 1 aliphatic rings. The third-order valence-electron chi connectivity index (χ3n) is 3.20. The fraction of sp³-hybridized carbons (Fsp3) is 0.429. The summed E-state index contributed by atoms with van der Waals surface area (Å²) in [6.45, 7) is 1.52. The predicted octanol–water partition coefficient (Wildman–Crippen LogP) is 2.14. The van der Waals surface area contributed by atoms with Crippen molar-refractivity contribution in [3.63, 3.8) is 0 Å². The number of nitrogens with one attached hydrogen (secondary N) is 1. The third-order valence-corrected chi connectivity index (χ3v) is 3.20. The minimum absolute atomic E-state index is 0.0885. The molecule has 5 heteroatoms. The number of hydrogen-bond acceptors (Lipinski definition) is 3. The lowest BCUT2D eigenvalue weighted by Gasteiger charge is -2.08. The quantitative estimate of drug-likeness (QED) is 0.853. The largest absolute Gasteiger partial charge is 0.478 e. The van der Waals surface area contributed by atoms with Gasteiger partial charge in [-0.05, 0) is 37.0 Å². The molecule has 1 unspecified atom stereocenters. The highest BCUT2D eigenvalue weighted by molar-refractivity contribution is 5.93. The Morgan fingerprint density at radius 1 is 1.42 bits per heavy atom. The molecule has 1 aliphatic heterocycles. The molecule has 1 aromatic carbocycles. The molecule has 0 saturated carbocycles. The summed E-state index contributed by atoms with van der Waals surface area (Å²) in [5.74, 6) is -0.621. The first-order chi connectivity index (χ1) is 9.15. The molecule has 2 N–H and O–H groups in total. The molecule has 102 valence electrons. The Bertz CT molecular complexity index is 466. The number of carboxylic acid groups (broad SMARTS) is 1. The second-order valence-electron chi connectivity index (χ2n) is 4.70. The van der Waals surface area contributed by atoms with Crippen LogP contribution in [0.4, 0.5) is 5.69 Å². The number of ether oxygens (including phenoxy) is 1. The summed E-state index contributed by atoms with van der Waals surface area (Å²) >= 11 is 0. The Balaban J connectivity index is 1.84. The van der Waals surface area contributed by atoms with Gasteiger partial charge in [-0.3, -0.25) is 4.79 Å². The van der Waals surface area contributed by atoms with Gasteiger partial charge in [0.05, 0.1) is 5.56 Å². The molecule has 1 heterocycles. The average Bonchev–Trinajstić information content (AvgIpc) is 2.90. The molecule has 2 rings (SSSR count). The van der Waals surface area contributed by atoms with Gasteiger partial charge < -0.3 is 15.2 Å². The molecule has 0 bridgehead atoms. The van der Waals surface area contributed by atoms with Gasteiger partial charge in [-0.25, -0.2) is 4.79 Å². The van der Waals surface area contributed by atoms with Crippen LogP contribution in [0.15, 0.2) is 24.3 Å². The van der Waals surface area contributed by atoms with Crippen molar-refractivity contribution in [2.75, 3.05) is 18.5 Å². The van der Waals surface area contributed by atoms with Gasteiger partial charge in [-0.2, -0.15) is 0 Å². The van der Waals surface area contributed by atoms with Crippen LogP contribution < -0.4 is 5.32 Å². The zero-order valence-electron chi connectivity index (χ0n) is 10.6. The number of aromatic carboxylic acids is 1. The number of carbonyl (C=O) groups is 2. The summed E-state index contributed by atoms with van der Waals surface area (Å²) in [6.07, 6.45) is 2.26. The third kappa shape index (κ3) is 4.06. The Labute approximate surface area is 111 Å². The zero-order valence-corrected chi connectivity index (χ0v) is 10.6. The van der Waals surface area contributed by atoms with Gasteiger partial charge in [0.1, 0.15) is 0 Å². The first-order valence-electron chi connectivity index (χ1n) is 6.36. The van der Waals surface area contributed by atoms with Crippen LogP contribution in [-0.2, 0) is 9.53 Å². The Morgan fingerprint density at radius 2 is 2.26 bits per heavy atom. The van der Waals surface area contributed by atoms with Gasteiger partial charge in [0.25, 0.3) is 0 Å². The molecule has 1 atom stereocenters. The number of rotatable bonds is 5. The number of benzene rings is 1. The molecule has 5 nitrogen and oxygen atoms in total. The Hall–Kier alpha value is -1.88. The fourth-order valence-corrected chi connectivity index (χ4v) is 2.10. The van der Waals surface area contributed by atoms with E-state index >= 15 is 0 Å². The predicted molar refractivity (Wildman–Crippen MR) is 70.2 cm³/mol. The summed E-state index contributed by atoms with van der Waals surface area (Å²) in [5.41, 5.74) is 0.689. The SMILES string of the molecule is O=C(CCC1CCOC1)Nc1cccc(C(=O)O)c1. The highest BCUT2D eigenvalue weighted by Gasteiger charge is 2.16. The van der Waals surface area contributed by atoms with E-state index in [1.807, 2.05) is 0 Å². The summed E-state index contributed by atoms with van der Waals surface area (Å²) in [4.78, 5) is 22.6. The van der Waals surface area contributed by atoms with Crippen LogP contribution in [0.3, 0.4) is 0 Å². The fourth-order valence-electron chi connectivity index (χ4n) is 2.10. The van der Waals surface area contributed by atoms with Gasteiger partial charge in [0, 0.05) is 25.3 Å². The maximum atomic E-state index is 11.8. The van der Waals surface area contributed by atoms with Crippen molar-refractivity contribution in [3.8, 4) is 0 Å². The first-order valence-corrected chi connectivity index (χ1v) is 6.36. The van der Waals surface area contributed by atoms with Gasteiger partial charge in [0.15, 0.2) is 0 Å². The lowest BCUT2D eigenvalue weighted by atomic mass is 10.0. The van der Waals surface area contributed by atoms with Crippen LogP contribution in [-0.4, -0.2) is 30.2 Å². The van der Waals surface area contributed by atoms with Crippen LogP contribution in [0.1, 0.15) is 29.6 Å². The van der Waals surface area contributed by atoms with Crippen LogP contribution in [0.5, 0.6) is 0 Å². The van der Waals surface area contributed by atoms with E-state index in [1.54, 1.807) is 12.1 Å². The maximum absolute atomic E-state index is 11.8. The van der Waals surface area contributed by atoms with Crippen molar-refractivity contribution in [2.45, 2.75) is 19.3 Å². The highest BCUT2D eigenvalue weighted by atomic mass is 16.5. The van der Waals surface area contributed by atoms with E-state index in [2.05, 4.69) is 5.32 Å². The van der Waals surface area contributed by atoms with Crippen LogP contribution in [0.25, 0.3) is 0 Å². The van der Waals surface area contributed by atoms with Crippen molar-refractivity contribution in [2.24, 2.45) is 5.92 Å². The zero-order chi connectivity index (χ0) is 13.7. The van der Waals surface area contributed by atoms with E-state index in [0.717, 1.165) is 26.1 Å². The van der Waals surface area contributed by atoms with Crippen LogP contribution >= 0.6 is 0 Å². The van der Waals surface area contributed by atoms with Crippen molar-refractivity contribution in [3.05, 3.63) is 29.8 Å². The minimum Gasteiger partial charge on any atom is -0.478 e. The molecule has 0 aliphatic carbocycles. The van der Waals surface area contributed by atoms with Gasteiger partial charge in [-0.1, -0.05) is 6.07 Å². The smallest absolute Gasteiger partial charge is 0.335 e. The molecule has 0 aromatic heterocycles. The van der Waals surface area contributed by atoms with Gasteiger partial charge in [-0.15, -0.1) is 0 Å². The topological polar surface area (TPSA) is 75.6 Å². The number of amides is 1. The molecular formula is C14H17NO4. The van der Waals surface area contributed by atoms with Gasteiger partial charge in [0.2, 0.25) is 5.91 Å². The Kier molecular flexibility index (Phi) is 4.52. The molecule has 1 amide bonds.